The molecule has 1 N–H and O–H groups in total. The van der Waals surface area contributed by atoms with Gasteiger partial charge >= 0.3 is 6.18 Å². The second kappa shape index (κ2) is 6.47. The average Bonchev–Trinajstić information content (AvgIpc) is 2.82. The van der Waals surface area contributed by atoms with Crippen molar-refractivity contribution in [3.63, 3.8) is 0 Å². The first-order chi connectivity index (χ1) is 12.6. The van der Waals surface area contributed by atoms with E-state index in [0.717, 1.165) is 44.9 Å². The molecular weight excluding hydrogens is 353 g/mol. The van der Waals surface area contributed by atoms with Crippen molar-refractivity contribution in [1.82, 2.24) is 0 Å². The van der Waals surface area contributed by atoms with Crippen LogP contribution in [-0.4, -0.2) is 22.7 Å². The van der Waals surface area contributed by atoms with Gasteiger partial charge in [-0.1, -0.05) is 19.8 Å². The van der Waals surface area contributed by atoms with Gasteiger partial charge in [-0.25, -0.2) is 0 Å². The molecule has 4 saturated carbocycles. The number of aliphatic hydroxyl groups is 1. The average molecular weight is 386 g/mol. The van der Waals surface area contributed by atoms with Gasteiger partial charge in [0.25, 0.3) is 0 Å². The Morgan fingerprint density at radius 1 is 0.963 bits per heavy atom. The molecule has 4 aliphatic carbocycles. The Kier molecular flexibility index (Phi) is 4.72. The van der Waals surface area contributed by atoms with Crippen LogP contribution in [0.4, 0.5) is 13.2 Å². The van der Waals surface area contributed by atoms with E-state index in [-0.39, 0.29) is 30.1 Å². The second-order valence-electron chi connectivity index (χ2n) is 10.3. The van der Waals surface area contributed by atoms with Crippen molar-refractivity contribution >= 4 is 5.78 Å². The maximum Gasteiger partial charge on any atom is 0.417 e. The van der Waals surface area contributed by atoms with E-state index < -0.39 is 11.8 Å². The van der Waals surface area contributed by atoms with Crippen LogP contribution in [0.3, 0.4) is 0 Å². The van der Waals surface area contributed by atoms with E-state index in [2.05, 4.69) is 6.92 Å². The van der Waals surface area contributed by atoms with Crippen LogP contribution in [0.25, 0.3) is 0 Å². The van der Waals surface area contributed by atoms with Crippen molar-refractivity contribution in [2.75, 3.05) is 0 Å². The van der Waals surface area contributed by atoms with Crippen LogP contribution in [0.1, 0.15) is 78.1 Å². The quantitative estimate of drug-likeness (QED) is 0.643. The van der Waals surface area contributed by atoms with E-state index in [0.29, 0.717) is 35.9 Å². The Labute approximate surface area is 160 Å². The van der Waals surface area contributed by atoms with Gasteiger partial charge in [0.05, 0.1) is 0 Å². The molecule has 0 amide bonds. The Morgan fingerprint density at radius 2 is 1.67 bits per heavy atom. The fourth-order valence-corrected chi connectivity index (χ4v) is 8.01. The second-order valence-corrected chi connectivity index (χ2v) is 10.3. The Morgan fingerprint density at radius 3 is 2.33 bits per heavy atom. The van der Waals surface area contributed by atoms with Crippen LogP contribution in [0.15, 0.2) is 0 Å². The van der Waals surface area contributed by atoms with Gasteiger partial charge in [0.1, 0.15) is 5.78 Å². The molecule has 4 fully saturated rings. The zero-order chi connectivity index (χ0) is 19.6. The lowest BCUT2D eigenvalue weighted by atomic mass is 9.53. The molecule has 0 radical (unpaired) electrons. The van der Waals surface area contributed by atoms with E-state index in [1.54, 1.807) is 6.92 Å². The van der Waals surface area contributed by atoms with E-state index in [4.69, 9.17) is 0 Å². The highest BCUT2D eigenvalue weighted by atomic mass is 19.4. The predicted octanol–water partition coefficient (Wildman–Crippen LogP) is 5.53. The van der Waals surface area contributed by atoms with Crippen molar-refractivity contribution in [2.45, 2.75) is 89.8 Å². The number of Topliss-reactive ketones (excluding diaryl/α,β-unsaturated/α-hetero) is 1. The van der Waals surface area contributed by atoms with E-state index in [9.17, 15) is 23.1 Å². The van der Waals surface area contributed by atoms with Crippen molar-refractivity contribution in [1.29, 1.82) is 0 Å². The maximum atomic E-state index is 13.4. The van der Waals surface area contributed by atoms with Gasteiger partial charge in [0.15, 0.2) is 5.60 Å². The van der Waals surface area contributed by atoms with Crippen molar-refractivity contribution < 1.29 is 23.1 Å². The van der Waals surface area contributed by atoms with Gasteiger partial charge in [-0.2, -0.15) is 13.2 Å². The van der Waals surface area contributed by atoms with Crippen LogP contribution >= 0.6 is 0 Å². The SMILES string of the molecule is CC(=O)[C@H]1CC[C@H]2[C@H]3CCC[C@@H]4C[C@@](O)(C(F)(F)F)CC[C@@H]4[C@H]3CC[C@]12C. The number of halogens is 3. The lowest BCUT2D eigenvalue weighted by Gasteiger charge is -2.52. The molecule has 0 aromatic carbocycles. The molecule has 4 rings (SSSR count). The molecular formula is C22H33F3O2. The molecule has 2 nitrogen and oxygen atoms in total. The summed E-state index contributed by atoms with van der Waals surface area (Å²) in [5.41, 5.74) is -2.39. The van der Waals surface area contributed by atoms with Gasteiger partial charge in [-0.3, -0.25) is 4.79 Å². The molecule has 8 atom stereocenters. The molecule has 5 heteroatoms. The molecule has 0 unspecified atom stereocenters. The molecule has 0 aromatic heterocycles. The molecule has 0 heterocycles. The highest BCUT2D eigenvalue weighted by Crippen LogP contribution is 2.64. The van der Waals surface area contributed by atoms with Crippen molar-refractivity contribution in [3.8, 4) is 0 Å². The van der Waals surface area contributed by atoms with Gasteiger partial charge in [0, 0.05) is 5.92 Å². The Balaban J connectivity index is 1.57. The normalized spacial score (nSPS) is 50.3. The number of ketones is 1. The fraction of sp³-hybridized carbons (Fsp3) is 0.955. The van der Waals surface area contributed by atoms with Gasteiger partial charge in [-0.15, -0.1) is 0 Å². The summed E-state index contributed by atoms with van der Waals surface area (Å²) in [4.78, 5) is 12.2. The number of carbonyl (C=O) groups is 1. The molecule has 0 aliphatic heterocycles. The van der Waals surface area contributed by atoms with Gasteiger partial charge in [-0.05, 0) is 93.3 Å². The number of hydrogen-bond acceptors (Lipinski definition) is 2. The first-order valence-corrected chi connectivity index (χ1v) is 10.9. The van der Waals surface area contributed by atoms with Crippen LogP contribution in [-0.2, 0) is 4.79 Å². The minimum Gasteiger partial charge on any atom is -0.380 e. The predicted molar refractivity (Wildman–Crippen MR) is 96.9 cm³/mol. The zero-order valence-corrected chi connectivity index (χ0v) is 16.5. The first kappa shape index (κ1) is 19.7. The molecule has 27 heavy (non-hydrogen) atoms. The molecule has 4 aliphatic rings. The van der Waals surface area contributed by atoms with Crippen LogP contribution in [0, 0.1) is 40.9 Å². The fourth-order valence-electron chi connectivity index (χ4n) is 8.01. The summed E-state index contributed by atoms with van der Waals surface area (Å²) in [5.74, 6) is 2.39. The Hall–Kier alpha value is -0.580. The van der Waals surface area contributed by atoms with Crippen LogP contribution in [0.2, 0.25) is 0 Å². The summed E-state index contributed by atoms with van der Waals surface area (Å²) in [6.07, 6.45) is 2.78. The third-order valence-corrected chi connectivity index (χ3v) is 9.27. The summed E-state index contributed by atoms with van der Waals surface area (Å²) < 4.78 is 40.1. The van der Waals surface area contributed by atoms with Crippen LogP contribution in [0.5, 0.6) is 0 Å². The molecule has 154 valence electrons. The number of fused-ring (bicyclic) bond motifs is 5. The lowest BCUT2D eigenvalue weighted by molar-refractivity contribution is -0.279. The smallest absolute Gasteiger partial charge is 0.380 e. The zero-order valence-electron chi connectivity index (χ0n) is 16.5. The van der Waals surface area contributed by atoms with Gasteiger partial charge < -0.3 is 5.11 Å². The van der Waals surface area contributed by atoms with E-state index in [1.807, 2.05) is 0 Å². The molecule has 0 saturated heterocycles. The maximum absolute atomic E-state index is 13.4. The summed E-state index contributed by atoms with van der Waals surface area (Å²) in [6, 6.07) is 0. The number of hydrogen-bond donors (Lipinski definition) is 1. The summed E-state index contributed by atoms with van der Waals surface area (Å²) >= 11 is 0. The molecule has 0 aromatic rings. The largest absolute Gasteiger partial charge is 0.417 e. The molecule has 0 bridgehead atoms. The van der Waals surface area contributed by atoms with Gasteiger partial charge in [0.2, 0.25) is 0 Å². The highest BCUT2D eigenvalue weighted by molar-refractivity contribution is 5.79. The lowest BCUT2D eigenvalue weighted by Crippen LogP contribution is -2.52. The Bertz CT molecular complexity index is 603. The highest BCUT2D eigenvalue weighted by Gasteiger charge is 2.61. The number of rotatable bonds is 1. The van der Waals surface area contributed by atoms with Crippen LogP contribution < -0.4 is 0 Å². The van der Waals surface area contributed by atoms with E-state index in [1.165, 1.54) is 0 Å². The third-order valence-electron chi connectivity index (χ3n) is 9.27. The first-order valence-electron chi connectivity index (χ1n) is 10.9. The number of alkyl halides is 3. The monoisotopic (exact) mass is 386 g/mol. The standard InChI is InChI=1S/C22H33F3O2/c1-13(26)18-6-7-19-17-5-3-4-14-12-21(27,22(23,24)25)11-9-15(14)16(17)8-10-20(18,19)2/h14-19,27H,3-12H2,1-2H3/t14-,15+,16-,17+,18-,19+,20-,21-/m1/s1. The minimum atomic E-state index is -4.52. The van der Waals surface area contributed by atoms with Crippen molar-refractivity contribution in [2.24, 2.45) is 40.9 Å². The third kappa shape index (κ3) is 2.98. The van der Waals surface area contributed by atoms with E-state index >= 15 is 0 Å². The summed E-state index contributed by atoms with van der Waals surface area (Å²) in [5, 5.41) is 10.3. The minimum absolute atomic E-state index is 0.00487. The summed E-state index contributed by atoms with van der Waals surface area (Å²) in [6.45, 7) is 4.03. The van der Waals surface area contributed by atoms with Crippen molar-refractivity contribution in [3.05, 3.63) is 0 Å². The topological polar surface area (TPSA) is 37.3 Å². The molecule has 0 spiro atoms. The summed E-state index contributed by atoms with van der Waals surface area (Å²) in [7, 11) is 0. The number of carbonyl (C=O) groups excluding carboxylic acids is 1.